The summed E-state index contributed by atoms with van der Waals surface area (Å²) in [7, 11) is -3.66. The van der Waals surface area contributed by atoms with E-state index < -0.39 is 57.6 Å². The van der Waals surface area contributed by atoms with Gasteiger partial charge in [0.15, 0.2) is 0 Å². The van der Waals surface area contributed by atoms with Crippen molar-refractivity contribution >= 4 is 22.3 Å². The van der Waals surface area contributed by atoms with E-state index in [0.29, 0.717) is 0 Å². The highest BCUT2D eigenvalue weighted by atomic mass is 32.2. The molecule has 0 saturated carbocycles. The van der Waals surface area contributed by atoms with Crippen LogP contribution in [0.4, 0.5) is 9.59 Å². The highest BCUT2D eigenvalue weighted by molar-refractivity contribution is 7.86. The molecule has 0 aromatic carbocycles. The number of β-amino-alcohol motifs (C(OH)–C–C–N with tert-alkyl or cyclic N) is 1. The Hall–Kier alpha value is -2.61. The Kier molecular flexibility index (Phi) is 11.5. The molecule has 0 aromatic heterocycles. The monoisotopic (exact) mass is 518 g/mol. The van der Waals surface area contributed by atoms with Gasteiger partial charge in [0.2, 0.25) is 0 Å². The Morgan fingerprint density at radius 3 is 1.60 bits per heavy atom. The maximum absolute atomic E-state index is 11.8. The molecule has 2 aliphatic rings. The number of carbonyl (C=O) groups excluding carboxylic acids is 2. The van der Waals surface area contributed by atoms with Crippen molar-refractivity contribution in [2.24, 2.45) is 11.8 Å². The molecule has 2 amide bonds. The van der Waals surface area contributed by atoms with E-state index in [-0.39, 0.29) is 33.6 Å². The fourth-order valence-electron chi connectivity index (χ4n) is 3.08. The molecule has 13 heteroatoms. The van der Waals surface area contributed by atoms with Gasteiger partial charge in [-0.15, -0.1) is 0 Å². The van der Waals surface area contributed by atoms with Crippen molar-refractivity contribution in [3.8, 4) is 12.1 Å². The Morgan fingerprint density at radius 2 is 1.26 bits per heavy atom. The van der Waals surface area contributed by atoms with E-state index >= 15 is 0 Å². The molecule has 0 spiro atoms. The molecule has 35 heavy (non-hydrogen) atoms. The molecular formula is C22H38N4O8S. The van der Waals surface area contributed by atoms with Gasteiger partial charge in [0.1, 0.15) is 17.3 Å². The van der Waals surface area contributed by atoms with Crippen LogP contribution >= 0.6 is 0 Å². The van der Waals surface area contributed by atoms with Crippen molar-refractivity contribution in [3.63, 3.8) is 0 Å². The van der Waals surface area contributed by atoms with Crippen molar-refractivity contribution in [1.29, 1.82) is 10.5 Å². The number of ether oxygens (including phenoxy) is 2. The average Bonchev–Trinajstić information content (AvgIpc) is 3.21. The largest absolute Gasteiger partial charge is 0.444 e. The van der Waals surface area contributed by atoms with Gasteiger partial charge in [0.25, 0.3) is 10.1 Å². The van der Waals surface area contributed by atoms with Crippen LogP contribution in [0, 0.1) is 34.5 Å². The van der Waals surface area contributed by atoms with E-state index in [0.717, 1.165) is 6.26 Å². The van der Waals surface area contributed by atoms with Crippen molar-refractivity contribution in [2.75, 3.05) is 32.4 Å². The van der Waals surface area contributed by atoms with Crippen molar-refractivity contribution < 1.29 is 36.8 Å². The second-order valence-corrected chi connectivity index (χ2v) is 11.7. The highest BCUT2D eigenvalue weighted by Gasteiger charge is 2.40. The molecular weight excluding hydrogens is 480 g/mol. The molecule has 2 rings (SSSR count). The van der Waals surface area contributed by atoms with Crippen molar-refractivity contribution in [1.82, 2.24) is 9.80 Å². The summed E-state index contributed by atoms with van der Waals surface area (Å²) < 4.78 is 37.3. The molecule has 1 N–H and O–H groups in total. The number of hydrogen-bond donors (Lipinski definition) is 1. The molecule has 2 saturated heterocycles. The summed E-state index contributed by atoms with van der Waals surface area (Å²) >= 11 is 0. The normalized spacial score (nSPS) is 24.3. The van der Waals surface area contributed by atoms with E-state index in [1.807, 2.05) is 12.1 Å². The minimum Gasteiger partial charge on any atom is -0.444 e. The summed E-state index contributed by atoms with van der Waals surface area (Å²) in [5.74, 6) is -1.18. The molecule has 0 radical (unpaired) electrons. The van der Waals surface area contributed by atoms with Crippen LogP contribution in [0.2, 0.25) is 0 Å². The number of amides is 2. The molecule has 2 aliphatic heterocycles. The summed E-state index contributed by atoms with van der Waals surface area (Å²) in [6.45, 7) is 11.1. The van der Waals surface area contributed by atoms with E-state index in [1.165, 1.54) is 9.80 Å². The Morgan fingerprint density at radius 1 is 0.857 bits per heavy atom. The number of aliphatic hydroxyl groups is 1. The second kappa shape index (κ2) is 12.4. The minimum atomic E-state index is -3.66. The minimum absolute atomic E-state index is 0. The zero-order valence-electron chi connectivity index (χ0n) is 20.6. The van der Waals surface area contributed by atoms with Gasteiger partial charge in [-0.05, 0) is 41.5 Å². The van der Waals surface area contributed by atoms with Crippen LogP contribution in [0.15, 0.2) is 0 Å². The lowest BCUT2D eigenvalue weighted by atomic mass is 10.1. The van der Waals surface area contributed by atoms with Crippen molar-refractivity contribution in [2.45, 2.75) is 72.4 Å². The zero-order chi connectivity index (χ0) is 26.5. The Bertz CT molecular complexity index is 927. The topological polar surface area (TPSA) is 170 Å². The molecule has 12 nitrogen and oxygen atoms in total. The van der Waals surface area contributed by atoms with Crippen LogP contribution in [0.3, 0.4) is 0 Å². The fraction of sp³-hybridized carbons (Fsp3) is 0.818. The lowest BCUT2D eigenvalue weighted by Crippen LogP contribution is -2.36. The van der Waals surface area contributed by atoms with Gasteiger partial charge in [-0.25, -0.2) is 9.59 Å². The van der Waals surface area contributed by atoms with E-state index in [2.05, 4.69) is 0 Å². The van der Waals surface area contributed by atoms with E-state index in [1.54, 1.807) is 41.5 Å². The molecule has 2 fully saturated rings. The van der Waals surface area contributed by atoms with Gasteiger partial charge in [0, 0.05) is 13.1 Å². The van der Waals surface area contributed by atoms with Crippen LogP contribution < -0.4 is 0 Å². The van der Waals surface area contributed by atoms with Gasteiger partial charge < -0.3 is 24.4 Å². The summed E-state index contributed by atoms with van der Waals surface area (Å²) in [6.07, 6.45) is -1.74. The molecule has 0 aromatic rings. The number of nitrogens with zero attached hydrogens (tertiary/aromatic N) is 4. The summed E-state index contributed by atoms with van der Waals surface area (Å²) in [5.41, 5.74) is -1.19. The number of aliphatic hydroxyl groups excluding tert-OH is 1. The SMILES string of the molecule is C.CC(C)(C)OC(=O)N1C[C@H](O)[C@@H](C#N)C1.CC(C)(C)OC(=O)N1C[C@H](OS(C)(=O)=O)[C@@H](C#N)C1. The smallest absolute Gasteiger partial charge is 0.410 e. The Labute approximate surface area is 208 Å². The molecule has 0 aliphatic carbocycles. The van der Waals surface area contributed by atoms with Crippen molar-refractivity contribution in [3.05, 3.63) is 0 Å². The first-order valence-corrected chi connectivity index (χ1v) is 12.5. The van der Waals surface area contributed by atoms with Crippen LogP contribution in [0.5, 0.6) is 0 Å². The lowest BCUT2D eigenvalue weighted by Gasteiger charge is -2.24. The average molecular weight is 519 g/mol. The van der Waals surface area contributed by atoms with Gasteiger partial charge in [0.05, 0.1) is 49.4 Å². The Balaban J connectivity index is 0.000000659. The quantitative estimate of drug-likeness (QED) is 0.534. The third-order valence-corrected chi connectivity index (χ3v) is 5.09. The second-order valence-electron chi connectivity index (χ2n) is 10.1. The maximum Gasteiger partial charge on any atom is 0.410 e. The summed E-state index contributed by atoms with van der Waals surface area (Å²) in [5, 5.41) is 27.1. The van der Waals surface area contributed by atoms with Gasteiger partial charge in [-0.1, -0.05) is 7.43 Å². The number of nitriles is 2. The van der Waals surface area contributed by atoms with Gasteiger partial charge in [-0.3, -0.25) is 4.18 Å². The third-order valence-electron chi connectivity index (χ3n) is 4.49. The lowest BCUT2D eigenvalue weighted by molar-refractivity contribution is 0.0263. The predicted molar refractivity (Wildman–Crippen MR) is 126 cm³/mol. The number of rotatable bonds is 2. The van der Waals surface area contributed by atoms with Crippen LogP contribution in [0.1, 0.15) is 49.0 Å². The summed E-state index contributed by atoms with van der Waals surface area (Å²) in [6, 6.07) is 3.91. The van der Waals surface area contributed by atoms with Gasteiger partial charge >= 0.3 is 12.2 Å². The zero-order valence-corrected chi connectivity index (χ0v) is 21.5. The van der Waals surface area contributed by atoms with E-state index in [4.69, 9.17) is 24.2 Å². The third kappa shape index (κ3) is 11.6. The fourth-order valence-corrected chi connectivity index (χ4v) is 3.73. The van der Waals surface area contributed by atoms with Crippen LogP contribution in [-0.4, -0.2) is 91.4 Å². The van der Waals surface area contributed by atoms with E-state index in [9.17, 15) is 23.1 Å². The predicted octanol–water partition coefficient (Wildman–Crippen LogP) is 2.10. The molecule has 0 unspecified atom stereocenters. The van der Waals surface area contributed by atoms with Crippen LogP contribution in [0.25, 0.3) is 0 Å². The number of hydrogen-bond acceptors (Lipinski definition) is 10. The number of likely N-dealkylation sites (tertiary alicyclic amines) is 2. The maximum atomic E-state index is 11.8. The molecule has 0 bridgehead atoms. The molecule has 4 atom stereocenters. The molecule has 200 valence electrons. The standard InChI is InChI=1S/C11H18N2O5S.C10H16N2O3.CH4/c1-11(2,3)17-10(14)13-6-8(5-12)9(7-13)18-19(4,15)16;1-10(2,3)15-9(14)12-5-7(4-11)8(13)6-12;/h8-9H,6-7H2,1-4H3;7-8,13H,5-6H2,1-3H3;1H4/t8-,9-;7-,8-;/m00./s1. The first-order chi connectivity index (χ1) is 15.3. The highest BCUT2D eigenvalue weighted by Crippen LogP contribution is 2.23. The summed E-state index contributed by atoms with van der Waals surface area (Å²) in [4.78, 5) is 26.0. The number of carbonyl (C=O) groups is 2. The molecule has 2 heterocycles. The van der Waals surface area contributed by atoms with Crippen LogP contribution in [-0.2, 0) is 23.8 Å². The first-order valence-electron chi connectivity index (χ1n) is 10.7. The first kappa shape index (κ1) is 32.4. The van der Waals surface area contributed by atoms with Gasteiger partial charge in [-0.2, -0.15) is 18.9 Å².